The fraction of sp³-hybridized carbons (Fsp3) is 0.588. The second-order valence-electron chi connectivity index (χ2n) is 6.15. The molecule has 0 saturated carbocycles. The van der Waals surface area contributed by atoms with E-state index in [0.717, 1.165) is 23.7 Å². The molecule has 0 spiro atoms. The van der Waals surface area contributed by atoms with Gasteiger partial charge in [0.05, 0.1) is 8.07 Å². The maximum Gasteiger partial charge on any atom is 0.339 e. The largest absolute Gasteiger partial charge is 0.339 e. The topological polar surface area (TPSA) is 35.5 Å². The molecule has 0 N–H and O–H groups in total. The monoisotopic (exact) mass is 308 g/mol. The van der Waals surface area contributed by atoms with Gasteiger partial charge in [0, 0.05) is 6.04 Å². The predicted molar refractivity (Wildman–Crippen MR) is 88.6 cm³/mol. The van der Waals surface area contributed by atoms with Crippen LogP contribution in [0.1, 0.15) is 40.2 Å². The van der Waals surface area contributed by atoms with E-state index < -0.39 is 13.7 Å². The Balaban J connectivity index is 2.60. The van der Waals surface area contributed by atoms with Gasteiger partial charge in [-0.25, -0.2) is 4.79 Å². The molecule has 3 nitrogen and oxygen atoms in total. The summed E-state index contributed by atoms with van der Waals surface area (Å²) in [6.07, 6.45) is 0. The first-order valence-electron chi connectivity index (χ1n) is 7.83. The second-order valence-corrected chi connectivity index (χ2v) is 11.6. The van der Waals surface area contributed by atoms with E-state index in [2.05, 4.69) is 20.8 Å². The Bertz CT molecular complexity index is 430. The summed E-state index contributed by atoms with van der Waals surface area (Å²) >= 11 is 0. The zero-order valence-electron chi connectivity index (χ0n) is 13.9. The van der Waals surface area contributed by atoms with Crippen LogP contribution in [0, 0.1) is 0 Å². The lowest BCUT2D eigenvalue weighted by molar-refractivity contribution is -0.328. The molecule has 1 aromatic rings. The molecule has 0 fully saturated rings. The van der Waals surface area contributed by atoms with Crippen LogP contribution >= 0.6 is 0 Å². The van der Waals surface area contributed by atoms with Crippen LogP contribution in [0.4, 0.5) is 0 Å². The van der Waals surface area contributed by atoms with Crippen molar-refractivity contribution in [3.8, 4) is 0 Å². The summed E-state index contributed by atoms with van der Waals surface area (Å²) in [6, 6.07) is 13.7. The summed E-state index contributed by atoms with van der Waals surface area (Å²) in [7, 11) is -1.51. The quantitative estimate of drug-likeness (QED) is 0.389. The van der Waals surface area contributed by atoms with E-state index in [4.69, 9.17) is 9.78 Å². The van der Waals surface area contributed by atoms with Crippen molar-refractivity contribution in [2.75, 3.05) is 0 Å². The molecule has 0 unspecified atom stereocenters. The van der Waals surface area contributed by atoms with Crippen molar-refractivity contribution in [2.24, 2.45) is 0 Å². The van der Waals surface area contributed by atoms with Crippen LogP contribution in [0.25, 0.3) is 0 Å². The van der Waals surface area contributed by atoms with E-state index in [1.54, 1.807) is 0 Å². The summed E-state index contributed by atoms with van der Waals surface area (Å²) in [5.74, 6) is -0.226. The smallest absolute Gasteiger partial charge is 0.298 e. The van der Waals surface area contributed by atoms with Gasteiger partial charge in [-0.1, -0.05) is 69.2 Å². The Labute approximate surface area is 129 Å². The van der Waals surface area contributed by atoms with E-state index in [9.17, 15) is 4.79 Å². The third-order valence-corrected chi connectivity index (χ3v) is 10.1. The van der Waals surface area contributed by atoms with Gasteiger partial charge < -0.3 is 0 Å². The van der Waals surface area contributed by atoms with Crippen molar-refractivity contribution in [1.82, 2.24) is 0 Å². The molecule has 118 valence electrons. The van der Waals surface area contributed by atoms with Gasteiger partial charge in [0.1, 0.15) is 5.60 Å². The van der Waals surface area contributed by atoms with Crippen LogP contribution in [0.5, 0.6) is 0 Å². The van der Waals surface area contributed by atoms with Gasteiger partial charge in [0.15, 0.2) is 0 Å². The van der Waals surface area contributed by atoms with Gasteiger partial charge in [-0.2, -0.15) is 4.89 Å². The zero-order chi connectivity index (χ0) is 15.9. The lowest BCUT2D eigenvalue weighted by Gasteiger charge is -2.28. The van der Waals surface area contributed by atoms with Crippen LogP contribution in [0.15, 0.2) is 30.3 Å². The lowest BCUT2D eigenvalue weighted by Crippen LogP contribution is -2.35. The minimum Gasteiger partial charge on any atom is -0.298 e. The average molecular weight is 308 g/mol. The van der Waals surface area contributed by atoms with Crippen molar-refractivity contribution in [3.63, 3.8) is 0 Å². The Morgan fingerprint density at radius 2 is 1.57 bits per heavy atom. The number of hydrogen-bond acceptors (Lipinski definition) is 3. The molecule has 0 aliphatic heterocycles. The molecule has 1 aromatic carbocycles. The molecule has 0 heterocycles. The van der Waals surface area contributed by atoms with Crippen LogP contribution < -0.4 is 0 Å². The molecule has 0 aliphatic rings. The van der Waals surface area contributed by atoms with E-state index in [1.807, 2.05) is 44.2 Å². The van der Waals surface area contributed by atoms with Gasteiger partial charge in [-0.05, 0) is 19.4 Å². The fourth-order valence-corrected chi connectivity index (χ4v) is 5.42. The molecule has 0 amide bonds. The fourth-order valence-electron chi connectivity index (χ4n) is 2.50. The normalized spacial score (nSPS) is 12.2. The van der Waals surface area contributed by atoms with Crippen molar-refractivity contribution < 1.29 is 14.6 Å². The van der Waals surface area contributed by atoms with E-state index in [-0.39, 0.29) is 5.97 Å². The number of hydrogen-bond donors (Lipinski definition) is 0. The van der Waals surface area contributed by atoms with Crippen LogP contribution in [0.2, 0.25) is 24.2 Å². The molecule has 0 aromatic heterocycles. The van der Waals surface area contributed by atoms with Crippen molar-refractivity contribution in [2.45, 2.75) is 64.4 Å². The summed E-state index contributed by atoms with van der Waals surface area (Å²) in [4.78, 5) is 22.6. The van der Waals surface area contributed by atoms with Crippen LogP contribution in [0.3, 0.4) is 0 Å². The predicted octanol–water partition coefficient (Wildman–Crippen LogP) is 4.91. The maximum absolute atomic E-state index is 12.1. The second kappa shape index (κ2) is 7.76. The SMILES string of the molecule is CC[Si](CC)(CC)CC(=O)OOC(C)(C)c1ccccc1. The summed E-state index contributed by atoms with van der Waals surface area (Å²) in [5, 5.41) is 0. The Morgan fingerprint density at radius 3 is 2.05 bits per heavy atom. The highest BCUT2D eigenvalue weighted by Gasteiger charge is 2.32. The minimum atomic E-state index is -1.51. The molecular weight excluding hydrogens is 280 g/mol. The molecule has 4 heteroatoms. The maximum atomic E-state index is 12.1. The first-order valence-corrected chi connectivity index (χ1v) is 10.7. The van der Waals surface area contributed by atoms with Crippen molar-refractivity contribution >= 4 is 14.0 Å². The number of benzene rings is 1. The minimum absolute atomic E-state index is 0.226. The summed E-state index contributed by atoms with van der Waals surface area (Å²) in [6.45, 7) is 10.4. The highest BCUT2D eigenvalue weighted by atomic mass is 28.3. The molecule has 21 heavy (non-hydrogen) atoms. The third-order valence-electron chi connectivity index (χ3n) is 4.58. The Hall–Kier alpha value is -1.13. The van der Waals surface area contributed by atoms with Crippen molar-refractivity contribution in [1.29, 1.82) is 0 Å². The summed E-state index contributed by atoms with van der Waals surface area (Å²) in [5.41, 5.74) is 0.356. The van der Waals surface area contributed by atoms with Gasteiger partial charge in [-0.3, -0.25) is 4.89 Å². The third kappa shape index (κ3) is 4.97. The highest BCUT2D eigenvalue weighted by Crippen LogP contribution is 2.28. The standard InChI is InChI=1S/C17H28O3Si/c1-6-21(7-2,8-3)14-16(18)19-20-17(4,5)15-12-10-9-11-13-15/h9-13H,6-8,14H2,1-5H3. The molecule has 0 atom stereocenters. The molecular formula is C17H28O3Si. The van der Waals surface area contributed by atoms with Gasteiger partial charge in [0.25, 0.3) is 0 Å². The average Bonchev–Trinajstić information content (AvgIpc) is 2.52. The molecule has 1 rings (SSSR count). The lowest BCUT2D eigenvalue weighted by atomic mass is 9.99. The first-order chi connectivity index (χ1) is 9.89. The van der Waals surface area contributed by atoms with Gasteiger partial charge in [-0.15, -0.1) is 0 Å². The number of carbonyl (C=O) groups is 1. The summed E-state index contributed by atoms with van der Waals surface area (Å²) < 4.78 is 0. The Morgan fingerprint density at radius 1 is 1.05 bits per heavy atom. The van der Waals surface area contributed by atoms with E-state index in [0.29, 0.717) is 6.04 Å². The zero-order valence-corrected chi connectivity index (χ0v) is 14.9. The number of carbonyl (C=O) groups excluding carboxylic acids is 1. The first kappa shape index (κ1) is 17.9. The molecule has 0 saturated heterocycles. The molecule has 0 aliphatic carbocycles. The highest BCUT2D eigenvalue weighted by molar-refractivity contribution is 6.82. The van der Waals surface area contributed by atoms with Crippen LogP contribution in [-0.4, -0.2) is 14.0 Å². The van der Waals surface area contributed by atoms with Crippen molar-refractivity contribution in [3.05, 3.63) is 35.9 Å². The molecule has 0 radical (unpaired) electrons. The van der Waals surface area contributed by atoms with Gasteiger partial charge >= 0.3 is 5.97 Å². The van der Waals surface area contributed by atoms with E-state index in [1.165, 1.54) is 0 Å². The molecule has 0 bridgehead atoms. The Kier molecular flexibility index (Phi) is 6.62. The van der Waals surface area contributed by atoms with Gasteiger partial charge in [0.2, 0.25) is 0 Å². The van der Waals surface area contributed by atoms with E-state index >= 15 is 0 Å². The number of rotatable bonds is 8. The van der Waals surface area contributed by atoms with Crippen LogP contribution in [-0.2, 0) is 20.2 Å².